The number of fused-ring (bicyclic) bond motifs is 1. The van der Waals surface area contributed by atoms with Crippen LogP contribution in [0.3, 0.4) is 0 Å². The Balaban J connectivity index is 1.43. The third-order valence-corrected chi connectivity index (χ3v) is 4.72. The first-order valence-corrected chi connectivity index (χ1v) is 8.78. The molecule has 1 saturated heterocycles. The third kappa shape index (κ3) is 3.31. The number of carbonyl (C=O) groups excluding carboxylic acids is 2. The van der Waals surface area contributed by atoms with Crippen LogP contribution in [0, 0.1) is 0 Å². The zero-order valence-corrected chi connectivity index (χ0v) is 14.3. The van der Waals surface area contributed by atoms with Crippen molar-refractivity contribution < 1.29 is 9.59 Å². The number of nitrogens with one attached hydrogen (secondary N) is 1. The van der Waals surface area contributed by atoms with Gasteiger partial charge in [0.25, 0.3) is 11.8 Å². The lowest BCUT2D eigenvalue weighted by Crippen LogP contribution is -2.49. The molecule has 1 aromatic carbocycles. The van der Waals surface area contributed by atoms with Gasteiger partial charge in [0.15, 0.2) is 0 Å². The highest BCUT2D eigenvalue weighted by Crippen LogP contribution is 2.15. The lowest BCUT2D eigenvalue weighted by molar-refractivity contribution is 0.0676. The van der Waals surface area contributed by atoms with Crippen LogP contribution in [0.1, 0.15) is 33.6 Å². The largest absolute Gasteiger partial charge is 0.347 e. The fourth-order valence-electron chi connectivity index (χ4n) is 3.37. The molecule has 0 spiro atoms. The van der Waals surface area contributed by atoms with Gasteiger partial charge in [0.1, 0.15) is 5.65 Å². The summed E-state index contributed by atoms with van der Waals surface area (Å²) in [6, 6.07) is 12.8. The molecule has 132 valence electrons. The lowest BCUT2D eigenvalue weighted by Gasteiger charge is -2.33. The van der Waals surface area contributed by atoms with Gasteiger partial charge < -0.3 is 14.6 Å². The smallest absolute Gasteiger partial charge is 0.253 e. The van der Waals surface area contributed by atoms with Gasteiger partial charge in [-0.05, 0) is 37.1 Å². The van der Waals surface area contributed by atoms with Crippen molar-refractivity contribution in [2.24, 2.45) is 0 Å². The first-order chi connectivity index (χ1) is 12.7. The summed E-state index contributed by atoms with van der Waals surface area (Å²) in [6.45, 7) is 1.26. The topological polar surface area (TPSA) is 66.7 Å². The second-order valence-corrected chi connectivity index (χ2v) is 6.54. The first-order valence-electron chi connectivity index (χ1n) is 8.78. The molecule has 4 rings (SSSR count). The molecule has 1 aliphatic rings. The van der Waals surface area contributed by atoms with Gasteiger partial charge in [-0.15, -0.1) is 0 Å². The average molecular weight is 348 g/mol. The Morgan fingerprint density at radius 2 is 1.92 bits per heavy atom. The van der Waals surface area contributed by atoms with Crippen molar-refractivity contribution in [2.45, 2.75) is 18.9 Å². The number of rotatable bonds is 3. The summed E-state index contributed by atoms with van der Waals surface area (Å²) in [5.41, 5.74) is 2.07. The van der Waals surface area contributed by atoms with Gasteiger partial charge in [0.2, 0.25) is 0 Å². The van der Waals surface area contributed by atoms with Gasteiger partial charge in [-0.2, -0.15) is 0 Å². The quantitative estimate of drug-likeness (QED) is 0.790. The second-order valence-electron chi connectivity index (χ2n) is 6.54. The van der Waals surface area contributed by atoms with Crippen LogP contribution >= 0.6 is 0 Å². The summed E-state index contributed by atoms with van der Waals surface area (Å²) in [4.78, 5) is 31.2. The molecule has 2 aromatic heterocycles. The van der Waals surface area contributed by atoms with Crippen molar-refractivity contribution >= 4 is 17.5 Å². The van der Waals surface area contributed by atoms with Gasteiger partial charge in [-0.1, -0.05) is 18.2 Å². The van der Waals surface area contributed by atoms with E-state index < -0.39 is 0 Å². The van der Waals surface area contributed by atoms with Crippen LogP contribution in [-0.2, 0) is 0 Å². The average Bonchev–Trinajstić information content (AvgIpc) is 3.16. The predicted octanol–water partition coefficient (Wildman–Crippen LogP) is 2.37. The van der Waals surface area contributed by atoms with E-state index >= 15 is 0 Å². The molecule has 0 unspecified atom stereocenters. The second kappa shape index (κ2) is 7.00. The highest BCUT2D eigenvalue weighted by molar-refractivity contribution is 5.95. The molecule has 6 heteroatoms. The molecule has 1 fully saturated rings. The number of benzene rings is 1. The number of amides is 2. The Morgan fingerprint density at radius 1 is 1.08 bits per heavy atom. The van der Waals surface area contributed by atoms with E-state index in [0.29, 0.717) is 17.7 Å². The molecule has 26 heavy (non-hydrogen) atoms. The molecule has 1 N–H and O–H groups in total. The van der Waals surface area contributed by atoms with Crippen molar-refractivity contribution in [3.63, 3.8) is 0 Å². The maximum absolute atomic E-state index is 12.6. The highest BCUT2D eigenvalue weighted by Gasteiger charge is 2.25. The minimum atomic E-state index is -0.125. The van der Waals surface area contributed by atoms with Crippen LogP contribution < -0.4 is 5.32 Å². The van der Waals surface area contributed by atoms with E-state index in [2.05, 4.69) is 10.3 Å². The SMILES string of the molecule is O=C(N[C@@H]1CCCN(C(=O)c2ccccc2)C1)c1ccc2nccn2c1. The van der Waals surface area contributed by atoms with Crippen molar-refractivity contribution in [1.82, 2.24) is 19.6 Å². The summed E-state index contributed by atoms with van der Waals surface area (Å²) in [7, 11) is 0. The number of nitrogens with zero attached hydrogens (tertiary/aromatic N) is 3. The Hall–Kier alpha value is -3.15. The van der Waals surface area contributed by atoms with Crippen LogP contribution in [0.5, 0.6) is 0 Å². The summed E-state index contributed by atoms with van der Waals surface area (Å²) >= 11 is 0. The van der Waals surface area contributed by atoms with Gasteiger partial charge in [-0.25, -0.2) is 4.98 Å². The summed E-state index contributed by atoms with van der Waals surface area (Å²) in [5.74, 6) is -0.107. The van der Waals surface area contributed by atoms with Crippen molar-refractivity contribution in [3.05, 3.63) is 72.2 Å². The number of hydrogen-bond acceptors (Lipinski definition) is 3. The monoisotopic (exact) mass is 348 g/mol. The Labute approximate surface area is 151 Å². The molecular formula is C20H20N4O2. The van der Waals surface area contributed by atoms with Gasteiger partial charge in [-0.3, -0.25) is 9.59 Å². The first kappa shape index (κ1) is 16.3. The molecule has 0 saturated carbocycles. The minimum absolute atomic E-state index is 0.0179. The van der Waals surface area contributed by atoms with E-state index in [1.165, 1.54) is 0 Å². The molecular weight excluding hydrogens is 328 g/mol. The minimum Gasteiger partial charge on any atom is -0.347 e. The number of piperidine rings is 1. The molecule has 0 radical (unpaired) electrons. The normalized spacial score (nSPS) is 17.2. The Morgan fingerprint density at radius 3 is 2.77 bits per heavy atom. The molecule has 3 heterocycles. The fraction of sp³-hybridized carbons (Fsp3) is 0.250. The number of hydrogen-bond donors (Lipinski definition) is 1. The van der Waals surface area contributed by atoms with E-state index in [0.717, 1.165) is 25.0 Å². The molecule has 1 aliphatic heterocycles. The number of pyridine rings is 1. The van der Waals surface area contributed by atoms with Crippen LogP contribution in [0.4, 0.5) is 0 Å². The predicted molar refractivity (Wildman–Crippen MR) is 98.0 cm³/mol. The lowest BCUT2D eigenvalue weighted by atomic mass is 10.0. The van der Waals surface area contributed by atoms with Crippen molar-refractivity contribution in [2.75, 3.05) is 13.1 Å². The maximum Gasteiger partial charge on any atom is 0.253 e. The zero-order chi connectivity index (χ0) is 17.9. The van der Waals surface area contributed by atoms with Crippen LogP contribution in [0.2, 0.25) is 0 Å². The number of aromatic nitrogens is 2. The van der Waals surface area contributed by atoms with Gasteiger partial charge in [0.05, 0.1) is 5.56 Å². The zero-order valence-electron chi connectivity index (χ0n) is 14.3. The number of carbonyl (C=O) groups is 2. The van der Waals surface area contributed by atoms with Crippen LogP contribution in [-0.4, -0.2) is 45.2 Å². The molecule has 6 nitrogen and oxygen atoms in total. The van der Waals surface area contributed by atoms with Gasteiger partial charge >= 0.3 is 0 Å². The van der Waals surface area contributed by atoms with E-state index in [-0.39, 0.29) is 17.9 Å². The van der Waals surface area contributed by atoms with E-state index in [9.17, 15) is 9.59 Å². The van der Waals surface area contributed by atoms with E-state index in [1.54, 1.807) is 18.5 Å². The summed E-state index contributed by atoms with van der Waals surface area (Å²) in [6.07, 6.45) is 7.04. The highest BCUT2D eigenvalue weighted by atomic mass is 16.2. The summed E-state index contributed by atoms with van der Waals surface area (Å²) in [5, 5.41) is 3.06. The maximum atomic E-state index is 12.6. The molecule has 0 bridgehead atoms. The van der Waals surface area contributed by atoms with E-state index in [4.69, 9.17) is 0 Å². The van der Waals surface area contributed by atoms with Crippen molar-refractivity contribution in [3.8, 4) is 0 Å². The van der Waals surface area contributed by atoms with Gasteiger partial charge in [0, 0.05) is 43.3 Å². The fourth-order valence-corrected chi connectivity index (χ4v) is 3.37. The summed E-state index contributed by atoms with van der Waals surface area (Å²) < 4.78 is 1.82. The standard InChI is InChI=1S/C20H20N4O2/c25-19(16-8-9-18-21-10-12-23(18)13-16)22-17-7-4-11-24(14-17)20(26)15-5-2-1-3-6-15/h1-3,5-6,8-10,12-13,17H,4,7,11,14H2,(H,22,25)/t17-/m1/s1. The molecule has 0 aliphatic carbocycles. The molecule has 2 amide bonds. The number of likely N-dealkylation sites (tertiary alicyclic amines) is 1. The third-order valence-electron chi connectivity index (χ3n) is 4.72. The van der Waals surface area contributed by atoms with Crippen molar-refractivity contribution in [1.29, 1.82) is 0 Å². The van der Waals surface area contributed by atoms with Crippen LogP contribution in [0.15, 0.2) is 61.1 Å². The Kier molecular flexibility index (Phi) is 4.39. The Bertz CT molecular complexity index is 935. The molecule has 1 atom stereocenters. The van der Waals surface area contributed by atoms with Crippen LogP contribution in [0.25, 0.3) is 5.65 Å². The van der Waals surface area contributed by atoms with E-state index in [1.807, 2.05) is 51.9 Å². The number of imidazole rings is 1. The molecule has 3 aromatic rings.